The Morgan fingerprint density at radius 2 is 0.684 bits per heavy atom. The van der Waals surface area contributed by atoms with Gasteiger partial charge in [-0.2, -0.15) is 0 Å². The van der Waals surface area contributed by atoms with E-state index in [2.05, 4.69) is 57.2 Å². The zero-order chi connectivity index (χ0) is 41.5. The van der Waals surface area contributed by atoms with Gasteiger partial charge < -0.3 is 14.2 Å². The molecule has 6 heteroatoms. The van der Waals surface area contributed by atoms with Crippen molar-refractivity contribution in [2.75, 3.05) is 13.2 Å². The van der Waals surface area contributed by atoms with Crippen molar-refractivity contribution >= 4 is 17.9 Å². The molecule has 0 aliphatic carbocycles. The molecule has 0 aliphatic rings. The van der Waals surface area contributed by atoms with E-state index in [0.717, 1.165) is 64.2 Å². The third kappa shape index (κ3) is 44.3. The van der Waals surface area contributed by atoms with Gasteiger partial charge in [-0.15, -0.1) is 0 Å². The van der Waals surface area contributed by atoms with E-state index in [0.29, 0.717) is 19.3 Å². The van der Waals surface area contributed by atoms with E-state index in [9.17, 15) is 14.4 Å². The lowest BCUT2D eigenvalue weighted by Gasteiger charge is -2.18. The summed E-state index contributed by atoms with van der Waals surface area (Å²) in [5.41, 5.74) is 0. The number of hydrogen-bond donors (Lipinski definition) is 0. The smallest absolute Gasteiger partial charge is 0.306 e. The monoisotopic (exact) mass is 799 g/mol. The Morgan fingerprint density at radius 1 is 0.368 bits per heavy atom. The topological polar surface area (TPSA) is 78.9 Å². The van der Waals surface area contributed by atoms with E-state index in [1.165, 1.54) is 128 Å². The van der Waals surface area contributed by atoms with Crippen LogP contribution in [0, 0.1) is 0 Å². The van der Waals surface area contributed by atoms with Crippen LogP contribution in [-0.4, -0.2) is 37.2 Å². The van der Waals surface area contributed by atoms with Crippen molar-refractivity contribution in [2.45, 2.75) is 245 Å². The van der Waals surface area contributed by atoms with Crippen LogP contribution in [0.15, 0.2) is 48.6 Å². The fourth-order valence-electron chi connectivity index (χ4n) is 6.75. The maximum Gasteiger partial charge on any atom is 0.306 e. The fraction of sp³-hybridized carbons (Fsp3) is 0.784. The van der Waals surface area contributed by atoms with Crippen molar-refractivity contribution in [3.8, 4) is 0 Å². The molecule has 0 saturated carbocycles. The second-order valence-corrected chi connectivity index (χ2v) is 16.0. The minimum Gasteiger partial charge on any atom is -0.462 e. The minimum atomic E-state index is -0.804. The number of hydrogen-bond acceptors (Lipinski definition) is 6. The van der Waals surface area contributed by atoms with Crippen LogP contribution in [-0.2, 0) is 28.6 Å². The molecule has 6 nitrogen and oxygen atoms in total. The maximum absolute atomic E-state index is 12.7. The Balaban J connectivity index is 4.28. The Bertz CT molecular complexity index is 1010. The van der Waals surface area contributed by atoms with Gasteiger partial charge in [0.25, 0.3) is 0 Å². The van der Waals surface area contributed by atoms with Crippen LogP contribution in [0.4, 0.5) is 0 Å². The highest BCUT2D eigenvalue weighted by molar-refractivity contribution is 5.71. The lowest BCUT2D eigenvalue weighted by molar-refractivity contribution is -0.166. The quantitative estimate of drug-likeness (QED) is 0.0265. The van der Waals surface area contributed by atoms with Crippen molar-refractivity contribution in [1.82, 2.24) is 0 Å². The molecule has 0 bridgehead atoms. The Labute approximate surface area is 352 Å². The van der Waals surface area contributed by atoms with E-state index in [-0.39, 0.29) is 37.5 Å². The zero-order valence-electron chi connectivity index (χ0n) is 37.6. The zero-order valence-corrected chi connectivity index (χ0v) is 37.6. The molecule has 1 atom stereocenters. The summed E-state index contributed by atoms with van der Waals surface area (Å²) in [6, 6.07) is 0. The number of esters is 3. The van der Waals surface area contributed by atoms with Gasteiger partial charge in [-0.1, -0.05) is 223 Å². The van der Waals surface area contributed by atoms with Crippen LogP contribution in [0.3, 0.4) is 0 Å². The van der Waals surface area contributed by atoms with E-state index in [1.807, 2.05) is 12.2 Å². The molecule has 0 saturated heterocycles. The molecule has 330 valence electrons. The third-order valence-corrected chi connectivity index (χ3v) is 10.4. The molecule has 0 radical (unpaired) electrons. The number of allylic oxidation sites excluding steroid dienone is 8. The maximum atomic E-state index is 12.7. The number of unbranched alkanes of at least 4 members (excludes halogenated alkanes) is 24. The average molecular weight is 799 g/mol. The van der Waals surface area contributed by atoms with Crippen LogP contribution in [0.5, 0.6) is 0 Å². The van der Waals surface area contributed by atoms with Crippen molar-refractivity contribution in [1.29, 1.82) is 0 Å². The number of rotatable bonds is 43. The summed E-state index contributed by atoms with van der Waals surface area (Å²) in [4.78, 5) is 37.6. The summed E-state index contributed by atoms with van der Waals surface area (Å²) in [6.07, 6.45) is 54.2. The number of ether oxygens (including phenoxy) is 3. The SMILES string of the molecule is CC/C=C\C/C=C\C/C=C\C/C=C\CCC(=O)OC(COC(=O)CCCCCCCCC)COC(=O)CCCCCCCCCCCCCCCCCCCCC. The number of carbonyl (C=O) groups excluding carboxylic acids is 3. The molecule has 0 aliphatic heterocycles. The highest BCUT2D eigenvalue weighted by atomic mass is 16.6. The van der Waals surface area contributed by atoms with Gasteiger partial charge >= 0.3 is 17.9 Å². The van der Waals surface area contributed by atoms with Crippen LogP contribution in [0.2, 0.25) is 0 Å². The normalized spacial score (nSPS) is 12.4. The molecule has 0 aromatic rings. The Morgan fingerprint density at radius 3 is 1.04 bits per heavy atom. The van der Waals surface area contributed by atoms with Crippen LogP contribution in [0.1, 0.15) is 239 Å². The minimum absolute atomic E-state index is 0.0988. The van der Waals surface area contributed by atoms with Gasteiger partial charge in [0, 0.05) is 19.3 Å². The van der Waals surface area contributed by atoms with Crippen LogP contribution < -0.4 is 0 Å². The lowest BCUT2D eigenvalue weighted by atomic mass is 10.0. The molecule has 0 aromatic carbocycles. The van der Waals surface area contributed by atoms with E-state index in [1.54, 1.807) is 0 Å². The van der Waals surface area contributed by atoms with E-state index in [4.69, 9.17) is 14.2 Å². The third-order valence-electron chi connectivity index (χ3n) is 10.4. The van der Waals surface area contributed by atoms with Crippen molar-refractivity contribution in [2.24, 2.45) is 0 Å². The van der Waals surface area contributed by atoms with Crippen LogP contribution >= 0.6 is 0 Å². The largest absolute Gasteiger partial charge is 0.462 e. The summed E-state index contributed by atoms with van der Waals surface area (Å²) >= 11 is 0. The first-order chi connectivity index (χ1) is 28.0. The molecular formula is C51H90O6. The first-order valence-electron chi connectivity index (χ1n) is 24.1. The molecule has 0 spiro atoms. The van der Waals surface area contributed by atoms with Gasteiger partial charge in [0.1, 0.15) is 13.2 Å². The average Bonchev–Trinajstić information content (AvgIpc) is 3.21. The second kappa shape index (κ2) is 46.1. The molecule has 57 heavy (non-hydrogen) atoms. The van der Waals surface area contributed by atoms with Crippen LogP contribution in [0.25, 0.3) is 0 Å². The van der Waals surface area contributed by atoms with Gasteiger partial charge in [-0.25, -0.2) is 0 Å². The summed E-state index contributed by atoms with van der Waals surface area (Å²) in [5.74, 6) is -0.984. The van der Waals surface area contributed by atoms with E-state index >= 15 is 0 Å². The molecule has 0 heterocycles. The molecule has 0 N–H and O–H groups in total. The predicted molar refractivity (Wildman–Crippen MR) is 242 cm³/mol. The second-order valence-electron chi connectivity index (χ2n) is 16.0. The summed E-state index contributed by atoms with van der Waals surface area (Å²) < 4.78 is 16.6. The fourth-order valence-corrected chi connectivity index (χ4v) is 6.75. The van der Waals surface area contributed by atoms with Gasteiger partial charge in [0.05, 0.1) is 0 Å². The van der Waals surface area contributed by atoms with Gasteiger partial charge in [-0.05, 0) is 44.9 Å². The first kappa shape index (κ1) is 54.4. The Kier molecular flexibility index (Phi) is 43.9. The molecule has 0 amide bonds. The Hall–Kier alpha value is -2.63. The number of carbonyl (C=O) groups is 3. The van der Waals surface area contributed by atoms with E-state index < -0.39 is 6.10 Å². The first-order valence-corrected chi connectivity index (χ1v) is 24.1. The molecular weight excluding hydrogens is 709 g/mol. The van der Waals surface area contributed by atoms with Crippen molar-refractivity contribution < 1.29 is 28.6 Å². The molecule has 0 fully saturated rings. The van der Waals surface area contributed by atoms with Gasteiger partial charge in [0.2, 0.25) is 0 Å². The standard InChI is InChI=1S/C51H90O6/c1-4-7-10-13-16-18-20-22-23-24-25-26-27-29-30-32-35-38-41-44-50(53)56-47-48(46-55-49(52)43-40-37-34-15-12-9-6-3)57-51(54)45-42-39-36-33-31-28-21-19-17-14-11-8-5-2/h8,11,17,19,28,31,36,39,48H,4-7,9-10,12-16,18,20-27,29-30,32-35,37-38,40-47H2,1-3H3/b11-8-,19-17-,31-28-,39-36-. The summed E-state index contributed by atoms with van der Waals surface area (Å²) in [7, 11) is 0. The van der Waals surface area contributed by atoms with Crippen molar-refractivity contribution in [3.63, 3.8) is 0 Å². The molecule has 0 aromatic heterocycles. The predicted octanol–water partition coefficient (Wildman–Crippen LogP) is 15.5. The highest BCUT2D eigenvalue weighted by Crippen LogP contribution is 2.15. The molecule has 0 rings (SSSR count). The highest BCUT2D eigenvalue weighted by Gasteiger charge is 2.19. The lowest BCUT2D eigenvalue weighted by Crippen LogP contribution is -2.30. The molecule has 1 unspecified atom stereocenters. The van der Waals surface area contributed by atoms with Gasteiger partial charge in [0.15, 0.2) is 6.10 Å². The van der Waals surface area contributed by atoms with Crippen molar-refractivity contribution in [3.05, 3.63) is 48.6 Å². The van der Waals surface area contributed by atoms with Gasteiger partial charge in [-0.3, -0.25) is 14.4 Å². The summed E-state index contributed by atoms with van der Waals surface area (Å²) in [6.45, 7) is 6.42. The summed E-state index contributed by atoms with van der Waals surface area (Å²) in [5, 5.41) is 0.